The molecule has 0 fully saturated rings. The van der Waals surface area contributed by atoms with Crippen molar-refractivity contribution in [1.82, 2.24) is 14.3 Å². The number of likely N-dealkylation sites (N-methyl/N-ethyl adjacent to an activating group) is 1. The second-order valence-electron chi connectivity index (χ2n) is 6.60. The van der Waals surface area contributed by atoms with Gasteiger partial charge < -0.3 is 14.0 Å². The molecule has 0 aliphatic rings. The van der Waals surface area contributed by atoms with Crippen LogP contribution >= 0.6 is 0 Å². The summed E-state index contributed by atoms with van der Waals surface area (Å²) in [5.41, 5.74) is 4.79. The predicted molar refractivity (Wildman–Crippen MR) is 104 cm³/mol. The van der Waals surface area contributed by atoms with E-state index < -0.39 is 0 Å². The number of fused-ring (bicyclic) bond motifs is 1. The van der Waals surface area contributed by atoms with Gasteiger partial charge >= 0.3 is 5.97 Å². The van der Waals surface area contributed by atoms with E-state index in [0.29, 0.717) is 12.2 Å². The zero-order chi connectivity index (χ0) is 19.6. The van der Waals surface area contributed by atoms with Crippen molar-refractivity contribution in [2.75, 3.05) is 20.7 Å². The molecule has 3 rings (SSSR count). The fourth-order valence-electron chi connectivity index (χ4n) is 2.88. The normalized spacial score (nSPS) is 10.8. The van der Waals surface area contributed by atoms with Gasteiger partial charge in [-0.25, -0.2) is 9.78 Å². The van der Waals surface area contributed by atoms with Crippen LogP contribution in [0.5, 0.6) is 0 Å². The van der Waals surface area contributed by atoms with E-state index in [9.17, 15) is 9.59 Å². The molecule has 0 atom stereocenters. The summed E-state index contributed by atoms with van der Waals surface area (Å²) in [4.78, 5) is 30.5. The van der Waals surface area contributed by atoms with Crippen LogP contribution in [0, 0.1) is 6.92 Å². The average Bonchev–Trinajstić information content (AvgIpc) is 2.99. The molecule has 0 N–H and O–H groups in total. The number of hydrogen-bond acceptors (Lipinski definition) is 4. The molecule has 0 bridgehead atoms. The van der Waals surface area contributed by atoms with Gasteiger partial charge in [-0.05, 0) is 37.6 Å². The van der Waals surface area contributed by atoms with E-state index in [1.807, 2.05) is 41.8 Å². The molecule has 1 aromatic carbocycles. The lowest BCUT2D eigenvalue weighted by atomic mass is 10.1. The fourth-order valence-corrected chi connectivity index (χ4v) is 2.88. The lowest BCUT2D eigenvalue weighted by molar-refractivity contribution is -0.128. The minimum Gasteiger partial charge on any atom is -0.462 e. The molecule has 0 unspecified atom stereocenters. The molecule has 0 spiro atoms. The Labute approximate surface area is 158 Å². The first-order valence-electron chi connectivity index (χ1n) is 8.86. The molecule has 27 heavy (non-hydrogen) atoms. The molecule has 3 aromatic rings. The molecule has 1 amide bonds. The van der Waals surface area contributed by atoms with Gasteiger partial charge in [0.25, 0.3) is 0 Å². The Morgan fingerprint density at radius 3 is 2.44 bits per heavy atom. The molecule has 0 aliphatic carbocycles. The number of carbonyl (C=O) groups is 2. The van der Waals surface area contributed by atoms with Crippen molar-refractivity contribution in [1.29, 1.82) is 0 Å². The monoisotopic (exact) mass is 365 g/mol. The highest BCUT2D eigenvalue weighted by atomic mass is 16.5. The van der Waals surface area contributed by atoms with Gasteiger partial charge in [-0.1, -0.05) is 18.2 Å². The average molecular weight is 365 g/mol. The third-order valence-electron chi connectivity index (χ3n) is 4.35. The van der Waals surface area contributed by atoms with Crippen LogP contribution in [0.4, 0.5) is 0 Å². The molecule has 0 aliphatic heterocycles. The Hall–Kier alpha value is -3.15. The lowest BCUT2D eigenvalue weighted by Gasteiger charge is -2.11. The summed E-state index contributed by atoms with van der Waals surface area (Å²) in [6.45, 7) is 4.12. The summed E-state index contributed by atoms with van der Waals surface area (Å²) >= 11 is 0. The highest BCUT2D eigenvalue weighted by Gasteiger charge is 2.18. The molecule has 140 valence electrons. The number of esters is 1. The Balaban J connectivity index is 2.07. The highest BCUT2D eigenvalue weighted by molar-refractivity contribution is 5.90. The first-order valence-corrected chi connectivity index (χ1v) is 8.86. The van der Waals surface area contributed by atoms with Gasteiger partial charge in [-0.15, -0.1) is 0 Å². The van der Waals surface area contributed by atoms with Crippen molar-refractivity contribution in [3.63, 3.8) is 0 Å². The number of hydrogen-bond donors (Lipinski definition) is 0. The zero-order valence-electron chi connectivity index (χ0n) is 16.0. The second-order valence-corrected chi connectivity index (χ2v) is 6.60. The molecule has 0 saturated carbocycles. The summed E-state index contributed by atoms with van der Waals surface area (Å²) in [5.74, 6) is -0.347. The first kappa shape index (κ1) is 18.6. The van der Waals surface area contributed by atoms with Crippen molar-refractivity contribution in [3.05, 3.63) is 59.4 Å². The van der Waals surface area contributed by atoms with E-state index in [-0.39, 0.29) is 18.3 Å². The maximum atomic E-state index is 12.4. The van der Waals surface area contributed by atoms with E-state index >= 15 is 0 Å². The number of ether oxygens (including phenoxy) is 1. The van der Waals surface area contributed by atoms with Gasteiger partial charge in [0.05, 0.1) is 30.0 Å². The van der Waals surface area contributed by atoms with Gasteiger partial charge in [0.15, 0.2) is 0 Å². The number of carbonyl (C=O) groups excluding carboxylic acids is 2. The summed E-state index contributed by atoms with van der Waals surface area (Å²) in [5, 5.41) is 0. The predicted octanol–water partition coefficient (Wildman–Crippen LogP) is 3.12. The van der Waals surface area contributed by atoms with Crippen LogP contribution in [0.3, 0.4) is 0 Å². The Morgan fingerprint density at radius 1 is 1.11 bits per heavy atom. The third-order valence-corrected chi connectivity index (χ3v) is 4.35. The Bertz CT molecular complexity index is 988. The second kappa shape index (κ2) is 7.61. The zero-order valence-corrected chi connectivity index (χ0v) is 16.0. The van der Waals surface area contributed by atoms with Crippen LogP contribution < -0.4 is 0 Å². The van der Waals surface area contributed by atoms with E-state index in [1.54, 1.807) is 38.1 Å². The smallest absolute Gasteiger partial charge is 0.338 e. The van der Waals surface area contributed by atoms with Crippen LogP contribution in [-0.4, -0.2) is 46.9 Å². The van der Waals surface area contributed by atoms with Crippen LogP contribution in [0.1, 0.15) is 28.5 Å². The minimum atomic E-state index is -0.349. The number of pyridine rings is 1. The number of imidazole rings is 1. The van der Waals surface area contributed by atoms with Gasteiger partial charge in [0.2, 0.25) is 5.91 Å². The van der Waals surface area contributed by atoms with Gasteiger partial charge in [-0.2, -0.15) is 0 Å². The number of rotatable bonds is 5. The molecule has 6 nitrogen and oxygen atoms in total. The van der Waals surface area contributed by atoms with Crippen LogP contribution in [-0.2, 0) is 16.0 Å². The first-order chi connectivity index (χ1) is 12.9. The number of benzene rings is 1. The van der Waals surface area contributed by atoms with Crippen LogP contribution in [0.15, 0.2) is 42.6 Å². The topological polar surface area (TPSA) is 63.9 Å². The Kier molecular flexibility index (Phi) is 5.26. The summed E-state index contributed by atoms with van der Waals surface area (Å²) in [6.07, 6.45) is 2.23. The Morgan fingerprint density at radius 2 is 1.81 bits per heavy atom. The molecule has 0 saturated heterocycles. The number of nitrogens with zero attached hydrogens (tertiary/aromatic N) is 3. The standard InChI is InChI=1S/C21H23N3O3/c1-5-27-21(26)16-9-7-15(8-10-16)20-17(12-19(25)23(3)4)24-13-14(2)6-11-18(24)22-20/h6-11,13H,5,12H2,1-4H3. The van der Waals surface area contributed by atoms with E-state index in [2.05, 4.69) is 0 Å². The summed E-state index contributed by atoms with van der Waals surface area (Å²) in [7, 11) is 3.48. The molecular weight excluding hydrogens is 342 g/mol. The van der Waals surface area contributed by atoms with Crippen molar-refractivity contribution >= 4 is 17.5 Å². The van der Waals surface area contributed by atoms with E-state index in [0.717, 1.165) is 28.2 Å². The number of amides is 1. The van der Waals surface area contributed by atoms with Crippen molar-refractivity contribution in [2.24, 2.45) is 0 Å². The molecular formula is C21H23N3O3. The van der Waals surface area contributed by atoms with Gasteiger partial charge in [0.1, 0.15) is 5.65 Å². The van der Waals surface area contributed by atoms with Crippen molar-refractivity contribution in [3.8, 4) is 11.3 Å². The van der Waals surface area contributed by atoms with Crippen LogP contribution in [0.2, 0.25) is 0 Å². The number of aryl methyl sites for hydroxylation is 1. The quantitative estimate of drug-likeness (QED) is 0.652. The molecule has 0 radical (unpaired) electrons. The van der Waals surface area contributed by atoms with Gasteiger partial charge in [0, 0.05) is 25.9 Å². The van der Waals surface area contributed by atoms with Gasteiger partial charge in [-0.3, -0.25) is 4.79 Å². The lowest BCUT2D eigenvalue weighted by Crippen LogP contribution is -2.24. The van der Waals surface area contributed by atoms with E-state index in [4.69, 9.17) is 9.72 Å². The van der Waals surface area contributed by atoms with Crippen LogP contribution in [0.25, 0.3) is 16.9 Å². The third kappa shape index (κ3) is 3.84. The highest BCUT2D eigenvalue weighted by Crippen LogP contribution is 2.26. The summed E-state index contributed by atoms with van der Waals surface area (Å²) < 4.78 is 6.99. The fraction of sp³-hybridized carbons (Fsp3) is 0.286. The molecule has 2 heterocycles. The largest absolute Gasteiger partial charge is 0.462 e. The maximum Gasteiger partial charge on any atom is 0.338 e. The SMILES string of the molecule is CCOC(=O)c1ccc(-c2nc3ccc(C)cn3c2CC(=O)N(C)C)cc1. The number of aromatic nitrogens is 2. The van der Waals surface area contributed by atoms with Crippen molar-refractivity contribution in [2.45, 2.75) is 20.3 Å². The summed E-state index contributed by atoms with van der Waals surface area (Å²) in [6, 6.07) is 11.1. The van der Waals surface area contributed by atoms with E-state index in [1.165, 1.54) is 0 Å². The molecule has 2 aromatic heterocycles. The minimum absolute atomic E-state index is 0.00250. The van der Waals surface area contributed by atoms with Crippen molar-refractivity contribution < 1.29 is 14.3 Å². The molecule has 6 heteroatoms. The maximum absolute atomic E-state index is 12.4.